The first-order valence-corrected chi connectivity index (χ1v) is 8.96. The summed E-state index contributed by atoms with van der Waals surface area (Å²) in [6, 6.07) is 18.4. The fourth-order valence-corrected chi connectivity index (χ4v) is 3.39. The van der Waals surface area contributed by atoms with E-state index in [0.29, 0.717) is 6.61 Å². The van der Waals surface area contributed by atoms with Gasteiger partial charge in [0, 0.05) is 6.04 Å². The summed E-state index contributed by atoms with van der Waals surface area (Å²) in [6.07, 6.45) is -0.361. The van der Waals surface area contributed by atoms with Gasteiger partial charge in [-0.2, -0.15) is 0 Å². The van der Waals surface area contributed by atoms with Gasteiger partial charge in [0.2, 0.25) is 0 Å². The number of ether oxygens (including phenoxy) is 2. The van der Waals surface area contributed by atoms with Crippen LogP contribution in [0.15, 0.2) is 54.6 Å². The van der Waals surface area contributed by atoms with Crippen LogP contribution in [0, 0.1) is 0 Å². The second-order valence-corrected chi connectivity index (χ2v) is 7.13. The van der Waals surface area contributed by atoms with Crippen molar-refractivity contribution >= 4 is 11.0 Å². The zero-order valence-corrected chi connectivity index (χ0v) is 15.3. The molecule has 3 atom stereocenters. The Morgan fingerprint density at radius 1 is 1.12 bits per heavy atom. The van der Waals surface area contributed by atoms with Crippen LogP contribution in [0.3, 0.4) is 0 Å². The van der Waals surface area contributed by atoms with Crippen molar-refractivity contribution in [2.45, 2.75) is 44.9 Å². The van der Waals surface area contributed by atoms with Gasteiger partial charge in [-0.25, -0.2) is 4.68 Å². The first-order valence-electron chi connectivity index (χ1n) is 8.96. The lowest BCUT2D eigenvalue weighted by Gasteiger charge is -2.28. The Bertz CT molecular complexity index is 878. The van der Waals surface area contributed by atoms with Crippen molar-refractivity contribution < 1.29 is 9.47 Å². The van der Waals surface area contributed by atoms with Gasteiger partial charge in [-0.1, -0.05) is 47.7 Å². The molecule has 0 amide bonds. The second-order valence-electron chi connectivity index (χ2n) is 7.13. The van der Waals surface area contributed by atoms with Gasteiger partial charge in [-0.05, 0) is 38.5 Å². The van der Waals surface area contributed by atoms with Crippen LogP contribution in [0.4, 0.5) is 0 Å². The highest BCUT2D eigenvalue weighted by Crippen LogP contribution is 2.30. The highest BCUT2D eigenvalue weighted by molar-refractivity contribution is 5.74. The molecule has 1 aliphatic heterocycles. The summed E-state index contributed by atoms with van der Waals surface area (Å²) < 4.78 is 13.9. The number of aromatic nitrogens is 3. The van der Waals surface area contributed by atoms with Crippen LogP contribution in [0.5, 0.6) is 0 Å². The van der Waals surface area contributed by atoms with E-state index in [1.165, 1.54) is 5.56 Å². The number of para-hydroxylation sites is 1. The SMILES string of the molecule is CC(NC(C1COC(C)(C)O1)n1nnc2ccccc21)c1ccccc1. The zero-order chi connectivity index (χ0) is 18.1. The van der Waals surface area contributed by atoms with Gasteiger partial charge < -0.3 is 9.47 Å². The molecule has 0 saturated carbocycles. The number of rotatable bonds is 5. The molecule has 2 aromatic carbocycles. The van der Waals surface area contributed by atoms with Gasteiger partial charge in [0.25, 0.3) is 0 Å². The normalized spacial score (nSPS) is 21.7. The Kier molecular flexibility index (Phi) is 4.48. The number of nitrogens with one attached hydrogen (secondary N) is 1. The third kappa shape index (κ3) is 3.35. The first kappa shape index (κ1) is 17.1. The zero-order valence-electron chi connectivity index (χ0n) is 15.3. The Hall–Kier alpha value is -2.28. The van der Waals surface area contributed by atoms with Crippen LogP contribution in [-0.4, -0.2) is 33.5 Å². The van der Waals surface area contributed by atoms with E-state index in [9.17, 15) is 0 Å². The van der Waals surface area contributed by atoms with Crippen molar-refractivity contribution in [1.29, 1.82) is 0 Å². The Morgan fingerprint density at radius 3 is 2.58 bits per heavy atom. The van der Waals surface area contributed by atoms with E-state index in [0.717, 1.165) is 11.0 Å². The molecule has 0 radical (unpaired) electrons. The van der Waals surface area contributed by atoms with Crippen LogP contribution in [0.25, 0.3) is 11.0 Å². The molecule has 26 heavy (non-hydrogen) atoms. The van der Waals surface area contributed by atoms with Crippen LogP contribution in [0.1, 0.15) is 38.5 Å². The third-order valence-electron chi connectivity index (χ3n) is 4.74. The standard InChI is InChI=1S/C20H24N4O2/c1-14(15-9-5-4-6-10-15)21-19(18-13-25-20(2,3)26-18)24-17-12-8-7-11-16(17)22-23-24/h4-12,14,18-19,21H,13H2,1-3H3. The Morgan fingerprint density at radius 2 is 1.85 bits per heavy atom. The second kappa shape index (κ2) is 6.79. The van der Waals surface area contributed by atoms with E-state index in [1.54, 1.807) is 0 Å². The molecule has 3 unspecified atom stereocenters. The molecule has 1 aliphatic rings. The maximum atomic E-state index is 6.15. The minimum Gasteiger partial charge on any atom is -0.348 e. The van der Waals surface area contributed by atoms with Gasteiger partial charge in [0.05, 0.1) is 12.1 Å². The molecular formula is C20H24N4O2. The molecule has 1 saturated heterocycles. The van der Waals surface area contributed by atoms with Crippen molar-refractivity contribution in [2.24, 2.45) is 0 Å². The summed E-state index contributed by atoms with van der Waals surface area (Å²) in [5.41, 5.74) is 3.04. The molecule has 3 aromatic rings. The van der Waals surface area contributed by atoms with Gasteiger partial charge >= 0.3 is 0 Å². The molecule has 1 aromatic heterocycles. The molecule has 6 nitrogen and oxygen atoms in total. The average Bonchev–Trinajstić information content (AvgIpc) is 3.23. The molecule has 0 bridgehead atoms. The molecule has 6 heteroatoms. The molecule has 0 spiro atoms. The quantitative estimate of drug-likeness (QED) is 0.762. The Labute approximate surface area is 153 Å². The van der Waals surface area contributed by atoms with Crippen molar-refractivity contribution in [2.75, 3.05) is 6.61 Å². The maximum absolute atomic E-state index is 6.15. The van der Waals surface area contributed by atoms with Gasteiger partial charge in [-0.3, -0.25) is 5.32 Å². The van der Waals surface area contributed by atoms with Crippen LogP contribution in [-0.2, 0) is 9.47 Å². The summed E-state index contributed by atoms with van der Waals surface area (Å²) in [5, 5.41) is 12.4. The van der Waals surface area contributed by atoms with E-state index in [-0.39, 0.29) is 18.3 Å². The monoisotopic (exact) mass is 352 g/mol. The first-order chi connectivity index (χ1) is 12.5. The smallest absolute Gasteiger partial charge is 0.163 e. The molecular weight excluding hydrogens is 328 g/mol. The minimum absolute atomic E-state index is 0.122. The van der Waals surface area contributed by atoms with Crippen molar-refractivity contribution in [3.05, 3.63) is 60.2 Å². The van der Waals surface area contributed by atoms with Crippen LogP contribution in [0.2, 0.25) is 0 Å². The van der Waals surface area contributed by atoms with Crippen molar-refractivity contribution in [3.8, 4) is 0 Å². The van der Waals surface area contributed by atoms with Crippen molar-refractivity contribution in [3.63, 3.8) is 0 Å². The lowest BCUT2D eigenvalue weighted by atomic mass is 10.1. The molecule has 1 N–H and O–H groups in total. The fourth-order valence-electron chi connectivity index (χ4n) is 3.39. The van der Waals surface area contributed by atoms with E-state index in [2.05, 4.69) is 34.7 Å². The topological polar surface area (TPSA) is 61.2 Å². The van der Waals surface area contributed by atoms with E-state index >= 15 is 0 Å². The number of nitrogens with zero attached hydrogens (tertiary/aromatic N) is 3. The minimum atomic E-state index is -0.600. The highest BCUT2D eigenvalue weighted by Gasteiger charge is 2.39. The predicted octanol–water partition coefficient (Wildman–Crippen LogP) is 3.43. The summed E-state index contributed by atoms with van der Waals surface area (Å²) in [7, 11) is 0. The number of fused-ring (bicyclic) bond motifs is 1. The van der Waals surface area contributed by atoms with E-state index < -0.39 is 5.79 Å². The van der Waals surface area contributed by atoms with E-state index in [4.69, 9.17) is 9.47 Å². The molecule has 0 aliphatic carbocycles. The molecule has 1 fully saturated rings. The number of hydrogen-bond donors (Lipinski definition) is 1. The van der Waals surface area contributed by atoms with Gasteiger partial charge in [0.1, 0.15) is 17.8 Å². The third-order valence-corrected chi connectivity index (χ3v) is 4.74. The van der Waals surface area contributed by atoms with Crippen LogP contribution >= 0.6 is 0 Å². The number of benzene rings is 2. The summed E-state index contributed by atoms with van der Waals surface area (Å²) in [5.74, 6) is -0.600. The molecule has 2 heterocycles. The average molecular weight is 352 g/mol. The lowest BCUT2D eigenvalue weighted by Crippen LogP contribution is -2.40. The summed E-state index contributed by atoms with van der Waals surface area (Å²) in [4.78, 5) is 0. The molecule has 4 rings (SSSR count). The molecule has 136 valence electrons. The van der Waals surface area contributed by atoms with Gasteiger partial charge in [0.15, 0.2) is 5.79 Å². The lowest BCUT2D eigenvalue weighted by molar-refractivity contribution is -0.145. The summed E-state index contributed by atoms with van der Waals surface area (Å²) in [6.45, 7) is 6.51. The summed E-state index contributed by atoms with van der Waals surface area (Å²) >= 11 is 0. The predicted molar refractivity (Wildman–Crippen MR) is 99.5 cm³/mol. The number of hydrogen-bond acceptors (Lipinski definition) is 5. The van der Waals surface area contributed by atoms with Gasteiger partial charge in [-0.15, -0.1) is 5.10 Å². The maximum Gasteiger partial charge on any atom is 0.163 e. The van der Waals surface area contributed by atoms with Crippen molar-refractivity contribution in [1.82, 2.24) is 20.3 Å². The van der Waals surface area contributed by atoms with Crippen LogP contribution < -0.4 is 5.32 Å². The highest BCUT2D eigenvalue weighted by atomic mass is 16.7. The Balaban J connectivity index is 1.68. The largest absolute Gasteiger partial charge is 0.348 e. The van der Waals surface area contributed by atoms with E-state index in [1.807, 2.05) is 61.0 Å². The fraction of sp³-hybridized carbons (Fsp3) is 0.400.